The van der Waals surface area contributed by atoms with Gasteiger partial charge in [0.2, 0.25) is 10.0 Å². The third-order valence-corrected chi connectivity index (χ3v) is 7.66. The molecule has 9 nitrogen and oxygen atoms in total. The minimum atomic E-state index is -3.65. The van der Waals surface area contributed by atoms with Crippen LogP contribution in [-0.4, -0.2) is 54.7 Å². The lowest BCUT2D eigenvalue weighted by atomic mass is 9.94. The first kappa shape index (κ1) is 29.9. The molecular weight excluding hydrogens is 586 g/mol. The molecule has 4 N–H and O–H groups in total. The van der Waals surface area contributed by atoms with Crippen molar-refractivity contribution in [3.8, 4) is 23.0 Å². The second-order valence-corrected chi connectivity index (χ2v) is 12.5. The summed E-state index contributed by atoms with van der Waals surface area (Å²) in [6.07, 6.45) is 1.11. The van der Waals surface area contributed by atoms with E-state index in [1.807, 2.05) is 6.92 Å². The van der Waals surface area contributed by atoms with Crippen LogP contribution in [-0.2, 0) is 28.2 Å². The summed E-state index contributed by atoms with van der Waals surface area (Å²) >= 11 is 6.52. The van der Waals surface area contributed by atoms with Crippen molar-refractivity contribution >= 4 is 38.3 Å². The Kier molecular flexibility index (Phi) is 8.24. The summed E-state index contributed by atoms with van der Waals surface area (Å²) in [6, 6.07) is 9.40. The van der Waals surface area contributed by atoms with Crippen LogP contribution in [0.2, 0.25) is 5.02 Å². The van der Waals surface area contributed by atoms with E-state index in [1.165, 1.54) is 16.8 Å². The lowest BCUT2D eigenvalue weighted by molar-refractivity contribution is -0.00980. The minimum absolute atomic E-state index is 0.0766. The van der Waals surface area contributed by atoms with Gasteiger partial charge >= 0.3 is 0 Å². The highest BCUT2D eigenvalue weighted by atomic mass is 35.5. The minimum Gasteiger partial charge on any atom is -0.360 e. The van der Waals surface area contributed by atoms with Crippen LogP contribution in [0, 0.1) is 23.5 Å². The van der Waals surface area contributed by atoms with E-state index in [9.17, 15) is 17.2 Å². The summed E-state index contributed by atoms with van der Waals surface area (Å²) in [7, 11) is -1.98. The second kappa shape index (κ2) is 11.6. The molecule has 0 unspecified atom stereocenters. The molecule has 1 aliphatic rings. The maximum atomic E-state index is 14.0. The van der Waals surface area contributed by atoms with Gasteiger partial charge in [-0.1, -0.05) is 23.6 Å². The van der Waals surface area contributed by atoms with Gasteiger partial charge in [0.15, 0.2) is 5.82 Å². The van der Waals surface area contributed by atoms with Gasteiger partial charge < -0.3 is 15.8 Å². The van der Waals surface area contributed by atoms with Gasteiger partial charge in [-0.3, -0.25) is 9.40 Å². The highest BCUT2D eigenvalue weighted by Crippen LogP contribution is 2.39. The zero-order valence-corrected chi connectivity index (χ0v) is 24.7. The van der Waals surface area contributed by atoms with Crippen molar-refractivity contribution < 1.29 is 21.9 Å². The molecule has 2 atom stereocenters. The second-order valence-electron chi connectivity index (χ2n) is 10.4. The molecule has 0 bridgehead atoms. The van der Waals surface area contributed by atoms with Crippen molar-refractivity contribution in [1.82, 2.24) is 20.1 Å². The van der Waals surface area contributed by atoms with E-state index in [4.69, 9.17) is 27.1 Å². The number of rotatable bonds is 6. The number of hydrogen-bond donors (Lipinski definition) is 3. The number of benzene rings is 2. The van der Waals surface area contributed by atoms with Gasteiger partial charge in [0.25, 0.3) is 0 Å². The van der Waals surface area contributed by atoms with Crippen molar-refractivity contribution in [2.45, 2.75) is 25.0 Å². The van der Waals surface area contributed by atoms with Crippen LogP contribution in [0.3, 0.4) is 0 Å². The summed E-state index contributed by atoms with van der Waals surface area (Å²) in [5, 5.41) is 8.30. The highest BCUT2D eigenvalue weighted by Gasteiger charge is 2.26. The monoisotopic (exact) mass is 614 g/mol. The molecule has 220 valence electrons. The van der Waals surface area contributed by atoms with Crippen LogP contribution in [0.5, 0.6) is 0 Å². The Labute approximate surface area is 247 Å². The number of sulfonamides is 1. The lowest BCUT2D eigenvalue weighted by Crippen LogP contribution is -2.46. The predicted molar refractivity (Wildman–Crippen MR) is 159 cm³/mol. The average Bonchev–Trinajstić information content (AvgIpc) is 3.22. The molecule has 1 aliphatic heterocycles. The maximum Gasteiger partial charge on any atom is 0.231 e. The van der Waals surface area contributed by atoms with Crippen LogP contribution < -0.4 is 15.8 Å². The van der Waals surface area contributed by atoms with Gasteiger partial charge in [0.1, 0.15) is 22.9 Å². The van der Waals surface area contributed by atoms with E-state index in [1.54, 1.807) is 31.3 Å². The lowest BCUT2D eigenvalue weighted by Gasteiger charge is -2.29. The number of halogens is 3. The van der Waals surface area contributed by atoms with Crippen molar-refractivity contribution in [3.63, 3.8) is 0 Å². The summed E-state index contributed by atoms with van der Waals surface area (Å²) in [5.74, 6) is 4.88. The van der Waals surface area contributed by atoms with Crippen molar-refractivity contribution in [3.05, 3.63) is 76.1 Å². The summed E-state index contributed by atoms with van der Waals surface area (Å²) in [5.41, 5.74) is 8.95. The maximum absolute atomic E-state index is 14.0. The Balaban J connectivity index is 1.66. The van der Waals surface area contributed by atoms with Crippen LogP contribution in [0.25, 0.3) is 22.0 Å². The molecule has 0 radical (unpaired) electrons. The van der Waals surface area contributed by atoms with E-state index >= 15 is 0 Å². The standard InChI is InChI=1S/C29H29ClF2N6O3S/c1-29(16-34-10-11-41-29)9-8-20-4-5-21(26(35-20)24(33)14-17-12-18(31)15-19(32)13-17)22-6-7-23(30)25-27(22)38(2)36-28(25)37-42(3,39)40/h4-7,12-13,15,24,34H,10-11,14,16,33H2,1-3H3,(H,36,37)/t24-,29+/m0/s1. The predicted octanol–water partition coefficient (Wildman–Crippen LogP) is 3.91. The number of nitrogens with two attached hydrogens (primary N) is 1. The Morgan fingerprint density at radius 1 is 1.21 bits per heavy atom. The van der Waals surface area contributed by atoms with E-state index < -0.39 is 33.3 Å². The molecule has 42 heavy (non-hydrogen) atoms. The normalized spacial score (nSPS) is 18.0. The van der Waals surface area contributed by atoms with Crippen molar-refractivity contribution in [1.29, 1.82) is 0 Å². The molecule has 1 fully saturated rings. The number of fused-ring (bicyclic) bond motifs is 1. The van der Waals surface area contributed by atoms with Gasteiger partial charge in [0.05, 0.1) is 40.5 Å². The fraction of sp³-hybridized carbons (Fsp3) is 0.310. The quantitative estimate of drug-likeness (QED) is 0.281. The molecule has 1 saturated heterocycles. The average molecular weight is 615 g/mol. The zero-order valence-electron chi connectivity index (χ0n) is 23.1. The first-order chi connectivity index (χ1) is 19.8. The molecule has 2 aromatic heterocycles. The summed E-state index contributed by atoms with van der Waals surface area (Å²) < 4.78 is 61.7. The van der Waals surface area contributed by atoms with Gasteiger partial charge in [0, 0.05) is 37.3 Å². The molecule has 13 heteroatoms. The number of aromatic nitrogens is 3. The van der Waals surface area contributed by atoms with E-state index in [0.717, 1.165) is 18.9 Å². The Morgan fingerprint density at radius 3 is 2.60 bits per heavy atom. The number of nitrogens with one attached hydrogen (secondary N) is 2. The van der Waals surface area contributed by atoms with Gasteiger partial charge in [-0.25, -0.2) is 22.2 Å². The smallest absolute Gasteiger partial charge is 0.231 e. The molecular formula is C29H29ClF2N6O3S. The van der Waals surface area contributed by atoms with Crippen molar-refractivity contribution in [2.24, 2.45) is 12.8 Å². The summed E-state index contributed by atoms with van der Waals surface area (Å²) in [6.45, 7) is 3.73. The highest BCUT2D eigenvalue weighted by molar-refractivity contribution is 7.92. The SMILES string of the molecule is Cn1nc(NS(C)(=O)=O)c2c(Cl)ccc(-c3ccc(C#C[C@]4(C)CNCCO4)nc3[C@@H](N)Cc3cc(F)cc(F)c3)c21. The third-order valence-electron chi connectivity index (χ3n) is 6.78. The molecule has 0 aliphatic carbocycles. The Morgan fingerprint density at radius 2 is 1.93 bits per heavy atom. The third kappa shape index (κ3) is 6.56. The molecule has 3 heterocycles. The Hall–Kier alpha value is -3.60. The molecule has 4 aromatic rings. The Bertz CT molecular complexity index is 1830. The first-order valence-corrected chi connectivity index (χ1v) is 15.3. The fourth-order valence-corrected chi connectivity index (χ4v) is 5.72. The van der Waals surface area contributed by atoms with E-state index in [-0.39, 0.29) is 12.2 Å². The molecule has 0 amide bonds. The topological polar surface area (TPSA) is 124 Å². The summed E-state index contributed by atoms with van der Waals surface area (Å²) in [4.78, 5) is 4.79. The molecule has 5 rings (SSSR count). The van der Waals surface area contributed by atoms with Crippen LogP contribution in [0.4, 0.5) is 14.6 Å². The number of ether oxygens (including phenoxy) is 1. The van der Waals surface area contributed by atoms with Gasteiger partial charge in [-0.05, 0) is 55.2 Å². The van der Waals surface area contributed by atoms with Gasteiger partial charge in [-0.2, -0.15) is 5.10 Å². The number of pyridine rings is 1. The number of nitrogens with zero attached hydrogens (tertiary/aromatic N) is 3. The van der Waals surface area contributed by atoms with E-state index in [0.29, 0.717) is 57.2 Å². The first-order valence-electron chi connectivity index (χ1n) is 13.0. The van der Waals surface area contributed by atoms with Crippen LogP contribution in [0.1, 0.15) is 29.9 Å². The number of hydrogen-bond acceptors (Lipinski definition) is 7. The van der Waals surface area contributed by atoms with Crippen molar-refractivity contribution in [2.75, 3.05) is 30.7 Å². The molecule has 0 saturated carbocycles. The fourth-order valence-electron chi connectivity index (χ4n) is 4.98. The van der Waals surface area contributed by atoms with Crippen LogP contribution in [0.15, 0.2) is 42.5 Å². The number of morpholine rings is 1. The van der Waals surface area contributed by atoms with Crippen LogP contribution >= 0.6 is 11.6 Å². The number of aryl methyl sites for hydroxylation is 1. The zero-order chi connectivity index (χ0) is 30.2. The largest absolute Gasteiger partial charge is 0.360 e. The molecule has 2 aromatic carbocycles. The molecule has 0 spiro atoms. The van der Waals surface area contributed by atoms with E-state index in [2.05, 4.69) is 27.0 Å². The number of anilines is 1. The van der Waals surface area contributed by atoms with Gasteiger partial charge in [-0.15, -0.1) is 0 Å².